The van der Waals surface area contributed by atoms with Gasteiger partial charge in [0.2, 0.25) is 0 Å². The number of carboxylic acids is 1. The fourth-order valence-corrected chi connectivity index (χ4v) is 5.01. The summed E-state index contributed by atoms with van der Waals surface area (Å²) in [6, 6.07) is 4.75. The first kappa shape index (κ1) is 22.4. The Hall–Kier alpha value is -1.31. The summed E-state index contributed by atoms with van der Waals surface area (Å²) < 4.78 is 0. The molecule has 0 aromatic heterocycles. The van der Waals surface area contributed by atoms with Gasteiger partial charge in [-0.15, -0.1) is 0 Å². The first-order valence-corrected chi connectivity index (χ1v) is 12.2. The van der Waals surface area contributed by atoms with E-state index in [1.54, 1.807) is 11.1 Å². The predicted octanol–water partition coefficient (Wildman–Crippen LogP) is 7.56. The monoisotopic (exact) mass is 398 g/mol. The molecular weight excluding hydrogens is 356 g/mol. The van der Waals surface area contributed by atoms with Crippen LogP contribution in [-0.4, -0.2) is 11.1 Å². The number of carbonyl (C=O) groups is 1. The number of hydrogen-bond donors (Lipinski definition) is 1. The number of hydrogen-bond acceptors (Lipinski definition) is 1. The molecule has 162 valence electrons. The molecule has 0 unspecified atom stereocenters. The molecule has 0 saturated heterocycles. The molecule has 2 nitrogen and oxygen atoms in total. The first-order valence-electron chi connectivity index (χ1n) is 12.2. The van der Waals surface area contributed by atoms with Crippen molar-refractivity contribution in [2.24, 2.45) is 10.8 Å². The third-order valence-corrected chi connectivity index (χ3v) is 7.68. The number of carboxylic acid groups (broad SMARTS) is 1. The van der Waals surface area contributed by atoms with E-state index >= 15 is 0 Å². The Morgan fingerprint density at radius 2 is 1.48 bits per heavy atom. The van der Waals surface area contributed by atoms with Gasteiger partial charge >= 0.3 is 5.97 Å². The molecule has 2 aliphatic rings. The van der Waals surface area contributed by atoms with E-state index in [4.69, 9.17) is 0 Å². The van der Waals surface area contributed by atoms with Crippen LogP contribution in [-0.2, 0) is 17.6 Å². The highest BCUT2D eigenvalue weighted by Crippen LogP contribution is 2.50. The van der Waals surface area contributed by atoms with Crippen molar-refractivity contribution < 1.29 is 9.90 Å². The molecular formula is C27H42O2. The number of unbranched alkanes of at least 4 members (excludes halogenated alkanes) is 5. The largest absolute Gasteiger partial charge is 0.481 e. The van der Waals surface area contributed by atoms with Crippen LogP contribution in [0.4, 0.5) is 0 Å². The van der Waals surface area contributed by atoms with Crippen molar-refractivity contribution in [3.05, 3.63) is 34.4 Å². The summed E-state index contributed by atoms with van der Waals surface area (Å²) >= 11 is 0. The molecule has 1 aromatic rings. The normalized spacial score (nSPS) is 18.6. The van der Waals surface area contributed by atoms with Crippen molar-refractivity contribution in [2.75, 3.05) is 0 Å². The summed E-state index contributed by atoms with van der Waals surface area (Å²) in [5.41, 5.74) is 6.35. The Morgan fingerprint density at radius 1 is 0.862 bits per heavy atom. The topological polar surface area (TPSA) is 37.3 Å². The first-order chi connectivity index (χ1) is 13.8. The maximum absolute atomic E-state index is 11.3. The van der Waals surface area contributed by atoms with E-state index in [9.17, 15) is 9.90 Å². The van der Waals surface area contributed by atoms with Crippen molar-refractivity contribution in [1.82, 2.24) is 0 Å². The van der Waals surface area contributed by atoms with E-state index in [0.717, 1.165) is 38.5 Å². The molecule has 0 atom stereocenters. The van der Waals surface area contributed by atoms with E-state index in [-0.39, 0.29) is 5.41 Å². The van der Waals surface area contributed by atoms with Gasteiger partial charge in [0.05, 0.1) is 5.41 Å². The van der Waals surface area contributed by atoms with Gasteiger partial charge in [0.15, 0.2) is 0 Å². The number of aliphatic carboxylic acids is 1. The molecule has 2 heteroatoms. The van der Waals surface area contributed by atoms with Gasteiger partial charge in [-0.1, -0.05) is 56.7 Å². The van der Waals surface area contributed by atoms with Crippen LogP contribution in [0, 0.1) is 24.7 Å². The average Bonchev–Trinajstić information content (AvgIpc) is 3.57. The molecule has 3 rings (SSSR count). The number of aryl methyl sites for hydroxylation is 3. The van der Waals surface area contributed by atoms with Crippen LogP contribution in [0.1, 0.15) is 113 Å². The predicted molar refractivity (Wildman–Crippen MR) is 122 cm³/mol. The minimum absolute atomic E-state index is 0.345. The standard InChI is InChI=1S/C27H42O2/c1-21-19-22(2)24(12-8-6-10-14-27(17-18-27)25(28)29)23(20-21)11-7-4-5-9-13-26(3)15-16-26/h19-20H,4-18H2,1-3H3,(H,28,29). The molecule has 2 saturated carbocycles. The maximum atomic E-state index is 11.3. The zero-order valence-electron chi connectivity index (χ0n) is 19.1. The summed E-state index contributed by atoms with van der Waals surface area (Å²) in [6.45, 7) is 6.93. The van der Waals surface area contributed by atoms with Crippen molar-refractivity contribution in [1.29, 1.82) is 0 Å². The zero-order chi connectivity index (χ0) is 20.9. The Labute approximate surface area is 178 Å². The summed E-state index contributed by atoms with van der Waals surface area (Å²) in [5.74, 6) is -0.569. The second-order valence-electron chi connectivity index (χ2n) is 10.6. The van der Waals surface area contributed by atoms with Gasteiger partial charge in [0.1, 0.15) is 0 Å². The quantitative estimate of drug-likeness (QED) is 0.328. The molecule has 1 aromatic carbocycles. The van der Waals surface area contributed by atoms with Crippen LogP contribution in [0.15, 0.2) is 12.1 Å². The Bertz CT molecular complexity index is 695. The van der Waals surface area contributed by atoms with Crippen molar-refractivity contribution in [3.63, 3.8) is 0 Å². The van der Waals surface area contributed by atoms with Crippen LogP contribution < -0.4 is 0 Å². The van der Waals surface area contributed by atoms with Crippen LogP contribution in [0.25, 0.3) is 0 Å². The molecule has 0 heterocycles. The molecule has 0 aliphatic heterocycles. The molecule has 0 bridgehead atoms. The fraction of sp³-hybridized carbons (Fsp3) is 0.741. The Balaban J connectivity index is 1.39. The van der Waals surface area contributed by atoms with Gasteiger partial charge in [-0.3, -0.25) is 4.79 Å². The SMILES string of the molecule is Cc1cc(C)c(CCCCCC2(C(=O)O)CC2)c(CCCCCCC2(C)CC2)c1. The van der Waals surface area contributed by atoms with Crippen LogP contribution in [0.3, 0.4) is 0 Å². The lowest BCUT2D eigenvalue weighted by Crippen LogP contribution is -2.14. The minimum Gasteiger partial charge on any atom is -0.481 e. The van der Waals surface area contributed by atoms with Crippen molar-refractivity contribution >= 4 is 5.97 Å². The van der Waals surface area contributed by atoms with E-state index in [2.05, 4.69) is 32.9 Å². The van der Waals surface area contributed by atoms with E-state index in [1.807, 2.05) is 0 Å². The smallest absolute Gasteiger partial charge is 0.309 e. The maximum Gasteiger partial charge on any atom is 0.309 e. The second-order valence-corrected chi connectivity index (χ2v) is 10.6. The highest BCUT2D eigenvalue weighted by atomic mass is 16.4. The van der Waals surface area contributed by atoms with Crippen molar-refractivity contribution in [2.45, 2.75) is 117 Å². The van der Waals surface area contributed by atoms with E-state index < -0.39 is 5.97 Å². The second kappa shape index (κ2) is 9.67. The molecule has 2 aliphatic carbocycles. The van der Waals surface area contributed by atoms with Crippen LogP contribution >= 0.6 is 0 Å². The zero-order valence-corrected chi connectivity index (χ0v) is 19.1. The molecule has 0 spiro atoms. The highest BCUT2D eigenvalue weighted by molar-refractivity contribution is 5.77. The van der Waals surface area contributed by atoms with Gasteiger partial charge in [-0.25, -0.2) is 0 Å². The van der Waals surface area contributed by atoms with E-state index in [1.165, 1.54) is 68.9 Å². The lowest BCUT2D eigenvalue weighted by Gasteiger charge is -2.15. The van der Waals surface area contributed by atoms with Gasteiger partial charge in [-0.05, 0) is 100 Å². The van der Waals surface area contributed by atoms with E-state index in [0.29, 0.717) is 5.41 Å². The average molecular weight is 399 g/mol. The summed E-state index contributed by atoms with van der Waals surface area (Å²) in [4.78, 5) is 11.3. The van der Waals surface area contributed by atoms with Crippen molar-refractivity contribution in [3.8, 4) is 0 Å². The Morgan fingerprint density at radius 3 is 2.14 bits per heavy atom. The number of rotatable bonds is 14. The van der Waals surface area contributed by atoms with Crippen LogP contribution in [0.5, 0.6) is 0 Å². The Kier molecular flexibility index (Phi) is 7.46. The minimum atomic E-state index is -0.569. The summed E-state index contributed by atoms with van der Waals surface area (Å²) in [6.07, 6.45) is 18.3. The van der Waals surface area contributed by atoms with Gasteiger partial charge in [0.25, 0.3) is 0 Å². The summed E-state index contributed by atoms with van der Waals surface area (Å²) in [5, 5.41) is 9.32. The highest BCUT2D eigenvalue weighted by Gasteiger charge is 2.49. The van der Waals surface area contributed by atoms with Gasteiger partial charge in [0, 0.05) is 0 Å². The molecule has 1 N–H and O–H groups in total. The summed E-state index contributed by atoms with van der Waals surface area (Å²) in [7, 11) is 0. The molecule has 2 fully saturated rings. The molecule has 29 heavy (non-hydrogen) atoms. The molecule has 0 radical (unpaired) electrons. The lowest BCUT2D eigenvalue weighted by molar-refractivity contribution is -0.143. The van der Waals surface area contributed by atoms with Gasteiger partial charge in [-0.2, -0.15) is 0 Å². The lowest BCUT2D eigenvalue weighted by atomic mass is 9.90. The van der Waals surface area contributed by atoms with Crippen LogP contribution in [0.2, 0.25) is 0 Å². The number of benzene rings is 1. The third kappa shape index (κ3) is 6.59. The fourth-order valence-electron chi connectivity index (χ4n) is 5.01. The van der Waals surface area contributed by atoms with Gasteiger partial charge < -0.3 is 5.11 Å². The molecule has 0 amide bonds. The third-order valence-electron chi connectivity index (χ3n) is 7.68.